The third-order valence-electron chi connectivity index (χ3n) is 4.56. The standard InChI is InChI=1S/C19H23N3O6/c1-26-15-7-5-13(6-8-15)19-20-16(28-21-19)3-2-4-17(23)22-9-10-27-12-14(22)11-18(24)25/h5-8,14H,2-4,9-12H2,1H3,(H,24,25). The number of amides is 1. The highest BCUT2D eigenvalue weighted by molar-refractivity contribution is 5.77. The lowest BCUT2D eigenvalue weighted by atomic mass is 10.1. The number of methoxy groups -OCH3 is 1. The average Bonchev–Trinajstić information content (AvgIpc) is 3.17. The van der Waals surface area contributed by atoms with Crippen LogP contribution in [0.4, 0.5) is 0 Å². The van der Waals surface area contributed by atoms with Crippen LogP contribution in [0.2, 0.25) is 0 Å². The van der Waals surface area contributed by atoms with Gasteiger partial charge < -0.3 is 24.0 Å². The summed E-state index contributed by atoms with van der Waals surface area (Å²) < 4.78 is 15.7. The van der Waals surface area contributed by atoms with Gasteiger partial charge in [0.2, 0.25) is 17.6 Å². The Balaban J connectivity index is 1.51. The third kappa shape index (κ3) is 5.07. The minimum atomic E-state index is -0.940. The van der Waals surface area contributed by atoms with E-state index in [1.165, 1.54) is 0 Å². The van der Waals surface area contributed by atoms with Gasteiger partial charge >= 0.3 is 5.97 Å². The van der Waals surface area contributed by atoms with Gasteiger partial charge in [0.25, 0.3) is 0 Å². The molecule has 9 heteroatoms. The molecule has 1 N–H and O–H groups in total. The highest BCUT2D eigenvalue weighted by Gasteiger charge is 2.28. The van der Waals surface area contributed by atoms with Gasteiger partial charge in [0, 0.05) is 24.9 Å². The monoisotopic (exact) mass is 389 g/mol. The zero-order valence-electron chi connectivity index (χ0n) is 15.7. The summed E-state index contributed by atoms with van der Waals surface area (Å²) in [6, 6.07) is 6.92. The molecule has 0 radical (unpaired) electrons. The van der Waals surface area contributed by atoms with Crippen LogP contribution in [-0.2, 0) is 20.7 Å². The number of carbonyl (C=O) groups is 2. The summed E-state index contributed by atoms with van der Waals surface area (Å²) in [6.07, 6.45) is 1.19. The number of hydrogen-bond donors (Lipinski definition) is 1. The topological polar surface area (TPSA) is 115 Å². The molecule has 1 aliphatic rings. The van der Waals surface area contributed by atoms with Gasteiger partial charge in [-0.05, 0) is 30.7 Å². The van der Waals surface area contributed by atoms with E-state index in [1.807, 2.05) is 24.3 Å². The second-order valence-electron chi connectivity index (χ2n) is 6.51. The second kappa shape index (κ2) is 9.32. The quantitative estimate of drug-likeness (QED) is 0.726. The van der Waals surface area contributed by atoms with Gasteiger partial charge in [-0.25, -0.2) is 0 Å². The minimum absolute atomic E-state index is 0.0792. The molecule has 1 saturated heterocycles. The minimum Gasteiger partial charge on any atom is -0.497 e. The van der Waals surface area contributed by atoms with Crippen molar-refractivity contribution in [3.8, 4) is 17.1 Å². The lowest BCUT2D eigenvalue weighted by Gasteiger charge is -2.34. The van der Waals surface area contributed by atoms with Gasteiger partial charge in [-0.2, -0.15) is 4.98 Å². The van der Waals surface area contributed by atoms with E-state index >= 15 is 0 Å². The summed E-state index contributed by atoms with van der Waals surface area (Å²) in [5, 5.41) is 13.0. The van der Waals surface area contributed by atoms with Gasteiger partial charge in [-0.1, -0.05) is 5.16 Å². The summed E-state index contributed by atoms with van der Waals surface area (Å²) in [5.41, 5.74) is 0.816. The van der Waals surface area contributed by atoms with Crippen molar-refractivity contribution < 1.29 is 28.7 Å². The predicted octanol–water partition coefficient (Wildman–Crippen LogP) is 1.77. The number of carboxylic acids is 1. The van der Waals surface area contributed by atoms with Crippen molar-refractivity contribution in [2.75, 3.05) is 26.9 Å². The SMILES string of the molecule is COc1ccc(-c2noc(CCCC(=O)N3CCOCC3CC(=O)O)n2)cc1. The normalized spacial score (nSPS) is 16.8. The van der Waals surface area contributed by atoms with Crippen molar-refractivity contribution in [3.05, 3.63) is 30.2 Å². The van der Waals surface area contributed by atoms with Crippen LogP contribution in [0.5, 0.6) is 5.75 Å². The molecule has 2 aromatic rings. The van der Waals surface area contributed by atoms with Gasteiger partial charge in [0.1, 0.15) is 5.75 Å². The Morgan fingerprint density at radius 1 is 1.32 bits per heavy atom. The number of carboxylic acid groups (broad SMARTS) is 1. The highest BCUT2D eigenvalue weighted by Crippen LogP contribution is 2.20. The molecule has 0 aliphatic carbocycles. The van der Waals surface area contributed by atoms with Gasteiger partial charge in [0.15, 0.2) is 0 Å². The Bertz CT molecular complexity index is 804. The Hall–Kier alpha value is -2.94. The maximum Gasteiger partial charge on any atom is 0.305 e. The fraction of sp³-hybridized carbons (Fsp3) is 0.474. The van der Waals surface area contributed by atoms with Crippen LogP contribution in [0.3, 0.4) is 0 Å². The maximum atomic E-state index is 12.5. The Morgan fingerprint density at radius 3 is 2.82 bits per heavy atom. The molecule has 28 heavy (non-hydrogen) atoms. The molecule has 1 fully saturated rings. The lowest BCUT2D eigenvalue weighted by Crippen LogP contribution is -2.49. The summed E-state index contributed by atoms with van der Waals surface area (Å²) in [6.45, 7) is 1.10. The zero-order chi connectivity index (χ0) is 19.9. The highest BCUT2D eigenvalue weighted by atomic mass is 16.5. The molecule has 1 aromatic heterocycles. The van der Waals surface area contributed by atoms with E-state index in [0.29, 0.717) is 37.7 Å². The number of aromatic nitrogens is 2. The van der Waals surface area contributed by atoms with Crippen LogP contribution in [0.15, 0.2) is 28.8 Å². The number of aryl methyl sites for hydroxylation is 1. The largest absolute Gasteiger partial charge is 0.497 e. The Kier molecular flexibility index (Phi) is 6.59. The van der Waals surface area contributed by atoms with Crippen molar-refractivity contribution in [3.63, 3.8) is 0 Å². The van der Waals surface area contributed by atoms with Crippen molar-refractivity contribution in [2.24, 2.45) is 0 Å². The van der Waals surface area contributed by atoms with E-state index in [-0.39, 0.29) is 25.4 Å². The van der Waals surface area contributed by atoms with E-state index < -0.39 is 12.0 Å². The molecule has 1 unspecified atom stereocenters. The molecule has 3 rings (SSSR count). The van der Waals surface area contributed by atoms with Crippen LogP contribution < -0.4 is 4.74 Å². The first-order valence-electron chi connectivity index (χ1n) is 9.13. The second-order valence-corrected chi connectivity index (χ2v) is 6.51. The zero-order valence-corrected chi connectivity index (χ0v) is 15.7. The molecule has 0 bridgehead atoms. The Labute approximate surface area is 162 Å². The summed E-state index contributed by atoms with van der Waals surface area (Å²) in [4.78, 5) is 29.4. The molecule has 0 spiro atoms. The number of ether oxygens (including phenoxy) is 2. The maximum absolute atomic E-state index is 12.5. The fourth-order valence-corrected chi connectivity index (χ4v) is 3.10. The molecule has 150 valence electrons. The number of benzene rings is 1. The van der Waals surface area contributed by atoms with E-state index in [0.717, 1.165) is 11.3 Å². The first kappa shape index (κ1) is 19.8. The molecule has 1 aromatic carbocycles. The smallest absolute Gasteiger partial charge is 0.305 e. The molecule has 1 aliphatic heterocycles. The summed E-state index contributed by atoms with van der Waals surface area (Å²) in [5.74, 6) is 0.673. The van der Waals surface area contributed by atoms with Gasteiger partial charge in [-0.15, -0.1) is 0 Å². The molecular formula is C19H23N3O6. The van der Waals surface area contributed by atoms with E-state index in [9.17, 15) is 9.59 Å². The van der Waals surface area contributed by atoms with Gasteiger partial charge in [-0.3, -0.25) is 9.59 Å². The lowest BCUT2D eigenvalue weighted by molar-refractivity contribution is -0.146. The summed E-state index contributed by atoms with van der Waals surface area (Å²) >= 11 is 0. The third-order valence-corrected chi connectivity index (χ3v) is 4.56. The van der Waals surface area contributed by atoms with Crippen molar-refractivity contribution in [2.45, 2.75) is 31.7 Å². The number of aliphatic carboxylic acids is 1. The van der Waals surface area contributed by atoms with E-state index in [1.54, 1.807) is 12.0 Å². The van der Waals surface area contributed by atoms with Gasteiger partial charge in [0.05, 0.1) is 32.8 Å². The summed E-state index contributed by atoms with van der Waals surface area (Å²) in [7, 11) is 1.60. The van der Waals surface area contributed by atoms with E-state index in [2.05, 4.69) is 10.1 Å². The Morgan fingerprint density at radius 2 is 2.11 bits per heavy atom. The molecule has 9 nitrogen and oxygen atoms in total. The molecule has 1 amide bonds. The number of rotatable bonds is 8. The molecule has 0 saturated carbocycles. The average molecular weight is 389 g/mol. The number of morpholine rings is 1. The molecule has 2 heterocycles. The number of nitrogens with zero attached hydrogens (tertiary/aromatic N) is 3. The fourth-order valence-electron chi connectivity index (χ4n) is 3.10. The van der Waals surface area contributed by atoms with Crippen LogP contribution >= 0.6 is 0 Å². The number of hydrogen-bond acceptors (Lipinski definition) is 7. The molecule has 1 atom stereocenters. The van der Waals surface area contributed by atoms with E-state index in [4.69, 9.17) is 19.1 Å². The number of carbonyl (C=O) groups excluding carboxylic acids is 1. The van der Waals surface area contributed by atoms with Crippen molar-refractivity contribution in [1.29, 1.82) is 0 Å². The molecular weight excluding hydrogens is 366 g/mol. The van der Waals surface area contributed by atoms with Crippen LogP contribution in [0.1, 0.15) is 25.2 Å². The van der Waals surface area contributed by atoms with Crippen LogP contribution in [-0.4, -0.2) is 64.9 Å². The predicted molar refractivity (Wildman–Crippen MR) is 97.8 cm³/mol. The van der Waals surface area contributed by atoms with Crippen molar-refractivity contribution >= 4 is 11.9 Å². The first-order valence-corrected chi connectivity index (χ1v) is 9.13. The first-order chi connectivity index (χ1) is 13.6. The van der Waals surface area contributed by atoms with Crippen LogP contribution in [0, 0.1) is 0 Å². The van der Waals surface area contributed by atoms with Crippen LogP contribution in [0.25, 0.3) is 11.4 Å². The van der Waals surface area contributed by atoms with Crippen molar-refractivity contribution in [1.82, 2.24) is 15.0 Å².